The van der Waals surface area contributed by atoms with Crippen molar-refractivity contribution in [3.8, 4) is 0 Å². The lowest BCUT2D eigenvalue weighted by molar-refractivity contribution is -0.143. The summed E-state index contributed by atoms with van der Waals surface area (Å²) in [6, 6.07) is 4.64. The number of benzene rings is 1. The average Bonchev–Trinajstić information content (AvgIpc) is 2.61. The van der Waals surface area contributed by atoms with Gasteiger partial charge in [0.05, 0.1) is 11.5 Å². The highest BCUT2D eigenvalue weighted by Gasteiger charge is 2.32. The molecule has 1 heterocycles. The molecule has 1 aromatic rings. The zero-order valence-corrected chi connectivity index (χ0v) is 14.8. The molecule has 1 aliphatic heterocycles. The van der Waals surface area contributed by atoms with Crippen molar-refractivity contribution in [2.45, 2.75) is 30.2 Å². The van der Waals surface area contributed by atoms with Gasteiger partial charge in [0.25, 0.3) is 5.91 Å². The Bertz CT molecular complexity index is 717. The van der Waals surface area contributed by atoms with Gasteiger partial charge < -0.3 is 14.7 Å². The van der Waals surface area contributed by atoms with Crippen LogP contribution in [0, 0.1) is 0 Å². The van der Waals surface area contributed by atoms with Crippen LogP contribution in [0.4, 0.5) is 0 Å². The summed E-state index contributed by atoms with van der Waals surface area (Å²) < 4.78 is 31.4. The number of rotatable bonds is 7. The van der Waals surface area contributed by atoms with Crippen molar-refractivity contribution in [1.82, 2.24) is 9.62 Å². The van der Waals surface area contributed by atoms with Crippen molar-refractivity contribution in [3.63, 3.8) is 0 Å². The average molecular weight is 370 g/mol. The van der Waals surface area contributed by atoms with Crippen LogP contribution in [0.3, 0.4) is 0 Å². The number of amides is 1. The lowest BCUT2D eigenvalue weighted by Crippen LogP contribution is -2.47. The molecular formula is C16H22N2O6S. The minimum absolute atomic E-state index is 0.0357. The summed E-state index contributed by atoms with van der Waals surface area (Å²) in [6.45, 7) is 0.781. The molecule has 0 aromatic heterocycles. The molecule has 0 unspecified atom stereocenters. The van der Waals surface area contributed by atoms with Crippen molar-refractivity contribution in [1.29, 1.82) is 0 Å². The molecule has 2 N–H and O–H groups in total. The number of methoxy groups -OCH3 is 1. The number of likely N-dealkylation sites (tertiary alicyclic amines) is 1. The minimum atomic E-state index is -3.67. The number of carbonyl (C=O) groups is 2. The molecule has 0 radical (unpaired) electrons. The summed E-state index contributed by atoms with van der Waals surface area (Å²) in [6.07, 6.45) is 1.95. The highest BCUT2D eigenvalue weighted by molar-refractivity contribution is 7.89. The standard InChI is InChI=1S/C16H22N2O6S/c1-24-11-9-17-25(22,23)13-7-5-12(6-8-13)15(19)18-10-3-2-4-14(18)16(20)21/h5-8,14,17H,2-4,9-11H2,1H3,(H,20,21)/t14-/m1/s1. The second-order valence-electron chi connectivity index (χ2n) is 5.76. The Balaban J connectivity index is 2.13. The van der Waals surface area contributed by atoms with Crippen LogP contribution in [0.1, 0.15) is 29.6 Å². The molecule has 1 saturated heterocycles. The van der Waals surface area contributed by atoms with Gasteiger partial charge in [-0.05, 0) is 43.5 Å². The largest absolute Gasteiger partial charge is 0.480 e. The number of carboxylic acid groups (broad SMARTS) is 1. The van der Waals surface area contributed by atoms with E-state index in [9.17, 15) is 23.1 Å². The molecular weight excluding hydrogens is 348 g/mol. The van der Waals surface area contributed by atoms with E-state index < -0.39 is 27.9 Å². The number of ether oxygens (including phenoxy) is 1. The Labute approximate surface area is 146 Å². The lowest BCUT2D eigenvalue weighted by atomic mass is 10.0. The third-order valence-electron chi connectivity index (χ3n) is 4.06. The zero-order valence-electron chi connectivity index (χ0n) is 14.0. The number of nitrogens with zero attached hydrogens (tertiary/aromatic N) is 1. The summed E-state index contributed by atoms with van der Waals surface area (Å²) in [5, 5.41) is 9.27. The predicted molar refractivity (Wildman–Crippen MR) is 89.8 cm³/mol. The van der Waals surface area contributed by atoms with E-state index in [1.54, 1.807) is 0 Å². The fourth-order valence-corrected chi connectivity index (χ4v) is 3.75. The molecule has 2 rings (SSSR count). The van der Waals surface area contributed by atoms with Crippen LogP contribution < -0.4 is 4.72 Å². The van der Waals surface area contributed by atoms with E-state index in [1.807, 2.05) is 0 Å². The van der Waals surface area contributed by atoms with Gasteiger partial charge in [0, 0.05) is 25.8 Å². The fraction of sp³-hybridized carbons (Fsp3) is 0.500. The summed E-state index contributed by atoms with van der Waals surface area (Å²) in [4.78, 5) is 25.3. The van der Waals surface area contributed by atoms with E-state index in [0.717, 1.165) is 12.8 Å². The molecule has 9 heteroatoms. The second-order valence-corrected chi connectivity index (χ2v) is 7.53. The summed E-state index contributed by atoms with van der Waals surface area (Å²) in [5.74, 6) is -1.42. The van der Waals surface area contributed by atoms with Crippen LogP contribution in [0.5, 0.6) is 0 Å². The van der Waals surface area contributed by atoms with Gasteiger partial charge in [-0.3, -0.25) is 4.79 Å². The Morgan fingerprint density at radius 1 is 1.28 bits per heavy atom. The molecule has 0 spiro atoms. The fourth-order valence-electron chi connectivity index (χ4n) is 2.74. The summed E-state index contributed by atoms with van der Waals surface area (Å²) in [7, 11) is -2.20. The van der Waals surface area contributed by atoms with Gasteiger partial charge in [-0.25, -0.2) is 17.9 Å². The number of piperidine rings is 1. The number of carbonyl (C=O) groups excluding carboxylic acids is 1. The molecule has 1 amide bonds. The molecule has 8 nitrogen and oxygen atoms in total. The van der Waals surface area contributed by atoms with Gasteiger partial charge in [-0.15, -0.1) is 0 Å². The number of hydrogen-bond donors (Lipinski definition) is 2. The quantitative estimate of drug-likeness (QED) is 0.683. The van der Waals surface area contributed by atoms with Gasteiger partial charge in [-0.2, -0.15) is 0 Å². The lowest BCUT2D eigenvalue weighted by Gasteiger charge is -2.33. The van der Waals surface area contributed by atoms with Crippen molar-refractivity contribution in [2.75, 3.05) is 26.8 Å². The molecule has 1 aromatic carbocycles. The van der Waals surface area contributed by atoms with E-state index in [-0.39, 0.29) is 23.6 Å². The SMILES string of the molecule is COCCNS(=O)(=O)c1ccc(C(=O)N2CCCC[C@@H]2C(=O)O)cc1. The second kappa shape index (κ2) is 8.41. The third-order valence-corrected chi connectivity index (χ3v) is 5.54. The first-order valence-electron chi connectivity index (χ1n) is 7.99. The van der Waals surface area contributed by atoms with E-state index in [2.05, 4.69) is 4.72 Å². The molecule has 1 atom stereocenters. The Hall–Kier alpha value is -1.97. The van der Waals surface area contributed by atoms with E-state index in [0.29, 0.717) is 13.0 Å². The van der Waals surface area contributed by atoms with Crippen LogP contribution in [0.15, 0.2) is 29.2 Å². The van der Waals surface area contributed by atoms with Gasteiger partial charge in [0.1, 0.15) is 6.04 Å². The number of carboxylic acids is 1. The zero-order chi connectivity index (χ0) is 18.4. The van der Waals surface area contributed by atoms with Gasteiger partial charge >= 0.3 is 5.97 Å². The van der Waals surface area contributed by atoms with Gasteiger partial charge in [0.15, 0.2) is 0 Å². The van der Waals surface area contributed by atoms with Crippen LogP contribution in [-0.2, 0) is 19.6 Å². The first-order valence-corrected chi connectivity index (χ1v) is 9.47. The summed E-state index contributed by atoms with van der Waals surface area (Å²) >= 11 is 0. The molecule has 0 aliphatic carbocycles. The first-order chi connectivity index (χ1) is 11.9. The first kappa shape index (κ1) is 19.4. The predicted octanol–water partition coefficient (Wildman–Crippen LogP) is 0.691. The topological polar surface area (TPSA) is 113 Å². The maximum absolute atomic E-state index is 12.6. The third kappa shape index (κ3) is 4.77. The van der Waals surface area contributed by atoms with E-state index >= 15 is 0 Å². The maximum atomic E-state index is 12.6. The Kier molecular flexibility index (Phi) is 6.51. The normalized spacial score (nSPS) is 18.1. The van der Waals surface area contributed by atoms with Crippen molar-refractivity contribution >= 4 is 21.9 Å². The highest BCUT2D eigenvalue weighted by Crippen LogP contribution is 2.21. The minimum Gasteiger partial charge on any atom is -0.480 e. The number of nitrogens with one attached hydrogen (secondary N) is 1. The molecule has 0 bridgehead atoms. The van der Waals surface area contributed by atoms with Crippen LogP contribution >= 0.6 is 0 Å². The van der Waals surface area contributed by atoms with E-state index in [4.69, 9.17) is 4.74 Å². The highest BCUT2D eigenvalue weighted by atomic mass is 32.2. The molecule has 0 saturated carbocycles. The van der Waals surface area contributed by atoms with Crippen LogP contribution in [-0.4, -0.2) is 63.1 Å². The number of aliphatic carboxylic acids is 1. The van der Waals surface area contributed by atoms with Crippen molar-refractivity contribution in [3.05, 3.63) is 29.8 Å². The van der Waals surface area contributed by atoms with Crippen molar-refractivity contribution < 1.29 is 27.9 Å². The van der Waals surface area contributed by atoms with Crippen LogP contribution in [0.2, 0.25) is 0 Å². The molecule has 25 heavy (non-hydrogen) atoms. The molecule has 1 fully saturated rings. The Morgan fingerprint density at radius 2 is 1.96 bits per heavy atom. The Morgan fingerprint density at radius 3 is 2.56 bits per heavy atom. The summed E-state index contributed by atoms with van der Waals surface area (Å²) in [5.41, 5.74) is 0.268. The smallest absolute Gasteiger partial charge is 0.326 e. The van der Waals surface area contributed by atoms with Crippen molar-refractivity contribution in [2.24, 2.45) is 0 Å². The maximum Gasteiger partial charge on any atom is 0.326 e. The van der Waals surface area contributed by atoms with Crippen LogP contribution in [0.25, 0.3) is 0 Å². The molecule has 1 aliphatic rings. The van der Waals surface area contributed by atoms with Gasteiger partial charge in [0.2, 0.25) is 10.0 Å². The number of sulfonamides is 1. The van der Waals surface area contributed by atoms with Gasteiger partial charge in [-0.1, -0.05) is 0 Å². The number of hydrogen-bond acceptors (Lipinski definition) is 5. The van der Waals surface area contributed by atoms with E-state index in [1.165, 1.54) is 36.3 Å². The monoisotopic (exact) mass is 370 g/mol. The molecule has 138 valence electrons.